The van der Waals surface area contributed by atoms with Gasteiger partial charge in [0.15, 0.2) is 0 Å². The van der Waals surface area contributed by atoms with Gasteiger partial charge in [-0.2, -0.15) is 0 Å². The quantitative estimate of drug-likeness (QED) is 0.901. The lowest BCUT2D eigenvalue weighted by molar-refractivity contribution is 0.209. The van der Waals surface area contributed by atoms with Gasteiger partial charge in [-0.3, -0.25) is 4.98 Å². The molecule has 3 nitrogen and oxygen atoms in total. The molecule has 0 amide bonds. The van der Waals surface area contributed by atoms with Gasteiger partial charge in [0.1, 0.15) is 17.5 Å². The first-order chi connectivity index (χ1) is 8.61. The summed E-state index contributed by atoms with van der Waals surface area (Å²) in [5.41, 5.74) is 3.63. The van der Waals surface area contributed by atoms with Crippen molar-refractivity contribution in [2.75, 3.05) is 7.11 Å². The Morgan fingerprint density at radius 3 is 2.44 bits per heavy atom. The number of aliphatic hydroxyl groups excluding tert-OH is 1. The SMILES string of the molecule is COc1cccnc1C(O)c1cc(C)cc(C)c1. The lowest BCUT2D eigenvalue weighted by Gasteiger charge is -2.15. The molecule has 94 valence electrons. The summed E-state index contributed by atoms with van der Waals surface area (Å²) in [6, 6.07) is 9.59. The second-order valence-corrected chi connectivity index (χ2v) is 4.41. The molecule has 0 bridgehead atoms. The zero-order chi connectivity index (χ0) is 13.1. The first kappa shape index (κ1) is 12.6. The summed E-state index contributed by atoms with van der Waals surface area (Å²) < 4.78 is 5.23. The van der Waals surface area contributed by atoms with Crippen LogP contribution in [-0.4, -0.2) is 17.2 Å². The molecule has 1 heterocycles. The third-order valence-corrected chi connectivity index (χ3v) is 2.84. The smallest absolute Gasteiger partial charge is 0.143 e. The van der Waals surface area contributed by atoms with Gasteiger partial charge in [0.2, 0.25) is 0 Å². The first-order valence-corrected chi connectivity index (χ1v) is 5.87. The monoisotopic (exact) mass is 243 g/mol. The van der Waals surface area contributed by atoms with Crippen LogP contribution in [0.15, 0.2) is 36.5 Å². The van der Waals surface area contributed by atoms with Crippen molar-refractivity contribution in [3.8, 4) is 5.75 Å². The fraction of sp³-hybridized carbons (Fsp3) is 0.267. The van der Waals surface area contributed by atoms with Crippen molar-refractivity contribution >= 4 is 0 Å². The van der Waals surface area contributed by atoms with Gasteiger partial charge < -0.3 is 9.84 Å². The molecular weight excluding hydrogens is 226 g/mol. The van der Waals surface area contributed by atoms with Crippen LogP contribution in [0.25, 0.3) is 0 Å². The maximum atomic E-state index is 10.4. The molecule has 0 saturated carbocycles. The molecule has 0 radical (unpaired) electrons. The zero-order valence-electron chi connectivity index (χ0n) is 10.8. The van der Waals surface area contributed by atoms with Crippen molar-refractivity contribution in [2.45, 2.75) is 20.0 Å². The first-order valence-electron chi connectivity index (χ1n) is 5.87. The molecule has 3 heteroatoms. The van der Waals surface area contributed by atoms with Gasteiger partial charge in [0.05, 0.1) is 7.11 Å². The van der Waals surface area contributed by atoms with Crippen molar-refractivity contribution in [3.05, 3.63) is 58.9 Å². The van der Waals surface area contributed by atoms with E-state index in [1.54, 1.807) is 25.4 Å². The van der Waals surface area contributed by atoms with Gasteiger partial charge in [0, 0.05) is 6.20 Å². The molecule has 0 aliphatic carbocycles. The Morgan fingerprint density at radius 2 is 1.83 bits per heavy atom. The average molecular weight is 243 g/mol. The third kappa shape index (κ3) is 2.51. The second kappa shape index (κ2) is 5.19. The van der Waals surface area contributed by atoms with Gasteiger partial charge in [-0.25, -0.2) is 0 Å². The number of methoxy groups -OCH3 is 1. The minimum Gasteiger partial charge on any atom is -0.495 e. The second-order valence-electron chi connectivity index (χ2n) is 4.41. The molecule has 0 spiro atoms. The van der Waals surface area contributed by atoms with Crippen LogP contribution in [0.3, 0.4) is 0 Å². The average Bonchev–Trinajstić information content (AvgIpc) is 2.36. The number of aromatic nitrogens is 1. The van der Waals surface area contributed by atoms with E-state index in [0.29, 0.717) is 11.4 Å². The molecule has 1 aromatic heterocycles. The summed E-state index contributed by atoms with van der Waals surface area (Å²) in [6.07, 6.45) is 0.892. The predicted molar refractivity (Wildman–Crippen MR) is 70.8 cm³/mol. The number of benzene rings is 1. The topological polar surface area (TPSA) is 42.4 Å². The van der Waals surface area contributed by atoms with Crippen LogP contribution in [-0.2, 0) is 0 Å². The molecule has 1 unspecified atom stereocenters. The Labute approximate surface area is 107 Å². The fourth-order valence-electron chi connectivity index (χ4n) is 2.11. The Balaban J connectivity index is 2.44. The number of nitrogens with zero attached hydrogens (tertiary/aromatic N) is 1. The lowest BCUT2D eigenvalue weighted by Crippen LogP contribution is -2.05. The maximum Gasteiger partial charge on any atom is 0.143 e. The van der Waals surface area contributed by atoms with Gasteiger partial charge >= 0.3 is 0 Å². The van der Waals surface area contributed by atoms with Gasteiger partial charge in [-0.05, 0) is 31.5 Å². The molecule has 0 aliphatic heterocycles. The third-order valence-electron chi connectivity index (χ3n) is 2.84. The van der Waals surface area contributed by atoms with Crippen LogP contribution in [0, 0.1) is 13.8 Å². The Hall–Kier alpha value is -1.87. The molecule has 2 rings (SSSR count). The van der Waals surface area contributed by atoms with E-state index in [2.05, 4.69) is 11.1 Å². The highest BCUT2D eigenvalue weighted by molar-refractivity contribution is 5.38. The highest BCUT2D eigenvalue weighted by Gasteiger charge is 2.17. The van der Waals surface area contributed by atoms with E-state index in [4.69, 9.17) is 4.74 Å². The van der Waals surface area contributed by atoms with Crippen LogP contribution in [0.4, 0.5) is 0 Å². The van der Waals surface area contributed by atoms with E-state index in [1.165, 1.54) is 0 Å². The predicted octanol–water partition coefficient (Wildman–Crippen LogP) is 2.79. The molecule has 2 aromatic rings. The molecule has 0 saturated heterocycles. The van der Waals surface area contributed by atoms with E-state index in [1.807, 2.05) is 26.0 Å². The van der Waals surface area contributed by atoms with Gasteiger partial charge in [-0.1, -0.05) is 29.3 Å². The molecule has 0 aliphatic rings. The van der Waals surface area contributed by atoms with Crippen LogP contribution < -0.4 is 4.74 Å². The summed E-state index contributed by atoms with van der Waals surface area (Å²) in [5.74, 6) is 0.601. The Morgan fingerprint density at radius 1 is 1.17 bits per heavy atom. The number of rotatable bonds is 3. The number of aryl methyl sites for hydroxylation is 2. The van der Waals surface area contributed by atoms with Crippen molar-refractivity contribution in [1.29, 1.82) is 0 Å². The van der Waals surface area contributed by atoms with Crippen LogP contribution >= 0.6 is 0 Å². The minimum absolute atomic E-state index is 0.546. The highest BCUT2D eigenvalue weighted by atomic mass is 16.5. The molecule has 1 N–H and O–H groups in total. The summed E-state index contributed by atoms with van der Waals surface area (Å²) in [5, 5.41) is 10.4. The van der Waals surface area contributed by atoms with E-state index in [0.717, 1.165) is 16.7 Å². The number of hydrogen-bond acceptors (Lipinski definition) is 3. The molecule has 1 aromatic carbocycles. The largest absolute Gasteiger partial charge is 0.495 e. The highest BCUT2D eigenvalue weighted by Crippen LogP contribution is 2.28. The van der Waals surface area contributed by atoms with E-state index >= 15 is 0 Å². The zero-order valence-corrected chi connectivity index (χ0v) is 10.8. The van der Waals surface area contributed by atoms with E-state index in [9.17, 15) is 5.11 Å². The minimum atomic E-state index is -0.764. The van der Waals surface area contributed by atoms with Crippen LogP contribution in [0.1, 0.15) is 28.5 Å². The van der Waals surface area contributed by atoms with Crippen molar-refractivity contribution in [2.24, 2.45) is 0 Å². The van der Waals surface area contributed by atoms with Crippen molar-refractivity contribution in [1.82, 2.24) is 4.98 Å². The van der Waals surface area contributed by atoms with Gasteiger partial charge in [-0.15, -0.1) is 0 Å². The fourth-order valence-corrected chi connectivity index (χ4v) is 2.11. The Bertz CT molecular complexity index is 532. The summed E-state index contributed by atoms with van der Waals surface area (Å²) in [6.45, 7) is 4.03. The number of ether oxygens (including phenoxy) is 1. The normalized spacial score (nSPS) is 12.2. The van der Waals surface area contributed by atoms with Crippen LogP contribution in [0.2, 0.25) is 0 Å². The molecular formula is C15H17NO2. The van der Waals surface area contributed by atoms with E-state index in [-0.39, 0.29) is 0 Å². The van der Waals surface area contributed by atoms with Crippen molar-refractivity contribution < 1.29 is 9.84 Å². The van der Waals surface area contributed by atoms with Crippen molar-refractivity contribution in [3.63, 3.8) is 0 Å². The van der Waals surface area contributed by atoms with Crippen LogP contribution in [0.5, 0.6) is 5.75 Å². The number of pyridine rings is 1. The summed E-state index contributed by atoms with van der Waals surface area (Å²) in [4.78, 5) is 4.21. The van der Waals surface area contributed by atoms with Gasteiger partial charge in [0.25, 0.3) is 0 Å². The summed E-state index contributed by atoms with van der Waals surface area (Å²) >= 11 is 0. The summed E-state index contributed by atoms with van der Waals surface area (Å²) in [7, 11) is 1.58. The molecule has 0 fully saturated rings. The number of hydrogen-bond donors (Lipinski definition) is 1. The molecule has 1 atom stereocenters. The number of aliphatic hydroxyl groups is 1. The standard InChI is InChI=1S/C15H17NO2/c1-10-7-11(2)9-12(8-10)15(17)14-13(18-3)5-4-6-16-14/h4-9,15,17H,1-3H3. The Kier molecular flexibility index (Phi) is 3.63. The molecule has 18 heavy (non-hydrogen) atoms. The van der Waals surface area contributed by atoms with E-state index < -0.39 is 6.10 Å². The maximum absolute atomic E-state index is 10.4. The lowest BCUT2D eigenvalue weighted by atomic mass is 10.0.